The predicted octanol–water partition coefficient (Wildman–Crippen LogP) is 1.27. The summed E-state index contributed by atoms with van der Waals surface area (Å²) in [7, 11) is 0. The van der Waals surface area contributed by atoms with Crippen molar-refractivity contribution in [2.75, 3.05) is 6.54 Å². The van der Waals surface area contributed by atoms with Gasteiger partial charge in [-0.05, 0) is 23.9 Å². The molecule has 14 heavy (non-hydrogen) atoms. The van der Waals surface area contributed by atoms with Gasteiger partial charge in [0.1, 0.15) is 0 Å². The minimum Gasteiger partial charge on any atom is -0.351 e. The first-order chi connectivity index (χ1) is 6.65. The lowest BCUT2D eigenvalue weighted by Crippen LogP contribution is -2.32. The first-order valence-electron chi connectivity index (χ1n) is 4.66. The number of hydrogen-bond acceptors (Lipinski definition) is 3. The quantitative estimate of drug-likeness (QED) is 0.789. The van der Waals surface area contributed by atoms with Crippen LogP contribution in [0, 0.1) is 12.8 Å². The lowest BCUT2D eigenvalue weighted by Gasteiger charge is -2.09. The Kier molecular flexibility index (Phi) is 4.10. The van der Waals surface area contributed by atoms with Crippen molar-refractivity contribution in [3.8, 4) is 0 Å². The van der Waals surface area contributed by atoms with Crippen LogP contribution in [0.3, 0.4) is 0 Å². The molecule has 1 heterocycles. The van der Waals surface area contributed by atoms with Gasteiger partial charge in [-0.3, -0.25) is 4.79 Å². The molecule has 3 N–H and O–H groups in total. The van der Waals surface area contributed by atoms with Gasteiger partial charge in [0.25, 0.3) is 0 Å². The number of nitrogens with two attached hydrogens (primary N) is 1. The van der Waals surface area contributed by atoms with Gasteiger partial charge in [0.15, 0.2) is 0 Å². The summed E-state index contributed by atoms with van der Waals surface area (Å²) in [6, 6.07) is 2.05. The first kappa shape index (κ1) is 11.2. The van der Waals surface area contributed by atoms with Crippen LogP contribution < -0.4 is 11.1 Å². The summed E-state index contributed by atoms with van der Waals surface area (Å²) in [5, 5.41) is 4.90. The zero-order valence-electron chi connectivity index (χ0n) is 8.54. The number of carbonyl (C=O) groups is 1. The predicted molar refractivity (Wildman–Crippen MR) is 59.1 cm³/mol. The summed E-state index contributed by atoms with van der Waals surface area (Å²) in [6.07, 6.45) is 0. The van der Waals surface area contributed by atoms with Crippen molar-refractivity contribution in [3.63, 3.8) is 0 Å². The number of hydrogen-bond donors (Lipinski definition) is 2. The Morgan fingerprint density at radius 1 is 1.71 bits per heavy atom. The Labute approximate surface area is 88.3 Å². The minimum atomic E-state index is -0.102. The third-order valence-corrected chi connectivity index (χ3v) is 3.22. The molecular formula is C10H16N2OS. The van der Waals surface area contributed by atoms with Crippen LogP contribution in [-0.4, -0.2) is 12.5 Å². The van der Waals surface area contributed by atoms with Gasteiger partial charge in [0, 0.05) is 17.3 Å². The fourth-order valence-electron chi connectivity index (χ4n) is 1.03. The lowest BCUT2D eigenvalue weighted by molar-refractivity contribution is -0.124. The van der Waals surface area contributed by atoms with Gasteiger partial charge < -0.3 is 11.1 Å². The number of aryl methyl sites for hydroxylation is 1. The second-order valence-corrected chi connectivity index (χ2v) is 4.38. The first-order valence-corrected chi connectivity index (χ1v) is 5.54. The zero-order valence-corrected chi connectivity index (χ0v) is 9.36. The molecule has 0 aliphatic heterocycles. The average molecular weight is 212 g/mol. The molecule has 1 atom stereocenters. The molecule has 0 aliphatic carbocycles. The molecule has 0 aromatic carbocycles. The molecule has 0 radical (unpaired) electrons. The highest BCUT2D eigenvalue weighted by Crippen LogP contribution is 2.14. The Bertz CT molecular complexity index is 309. The molecule has 3 nitrogen and oxygen atoms in total. The Morgan fingerprint density at radius 2 is 2.43 bits per heavy atom. The van der Waals surface area contributed by atoms with Crippen LogP contribution in [0.5, 0.6) is 0 Å². The van der Waals surface area contributed by atoms with Crippen LogP contribution >= 0.6 is 11.3 Å². The zero-order chi connectivity index (χ0) is 10.6. The highest BCUT2D eigenvalue weighted by molar-refractivity contribution is 7.10. The maximum atomic E-state index is 11.4. The maximum Gasteiger partial charge on any atom is 0.224 e. The largest absolute Gasteiger partial charge is 0.351 e. The topological polar surface area (TPSA) is 55.1 Å². The normalized spacial score (nSPS) is 12.5. The van der Waals surface area contributed by atoms with Crippen LogP contribution in [0.15, 0.2) is 11.4 Å². The molecule has 1 unspecified atom stereocenters. The monoisotopic (exact) mass is 212 g/mol. The van der Waals surface area contributed by atoms with Crippen molar-refractivity contribution in [2.24, 2.45) is 11.7 Å². The van der Waals surface area contributed by atoms with E-state index < -0.39 is 0 Å². The van der Waals surface area contributed by atoms with Gasteiger partial charge in [0.05, 0.1) is 6.54 Å². The Hall–Kier alpha value is -0.870. The van der Waals surface area contributed by atoms with Crippen molar-refractivity contribution in [1.82, 2.24) is 5.32 Å². The van der Waals surface area contributed by atoms with E-state index >= 15 is 0 Å². The summed E-state index contributed by atoms with van der Waals surface area (Å²) in [4.78, 5) is 12.6. The fourth-order valence-corrected chi connectivity index (χ4v) is 1.88. The Morgan fingerprint density at radius 3 is 2.93 bits per heavy atom. The van der Waals surface area contributed by atoms with Crippen molar-refractivity contribution in [2.45, 2.75) is 20.4 Å². The van der Waals surface area contributed by atoms with Crippen LogP contribution in [0.4, 0.5) is 0 Å². The molecule has 78 valence electrons. The van der Waals surface area contributed by atoms with Crippen molar-refractivity contribution in [1.29, 1.82) is 0 Å². The number of nitrogens with one attached hydrogen (secondary N) is 1. The smallest absolute Gasteiger partial charge is 0.224 e. The SMILES string of the molecule is Cc1ccsc1CNC(=O)C(C)CN. The highest BCUT2D eigenvalue weighted by Gasteiger charge is 2.10. The van der Waals surface area contributed by atoms with E-state index in [1.165, 1.54) is 10.4 Å². The van der Waals surface area contributed by atoms with Crippen molar-refractivity contribution >= 4 is 17.2 Å². The number of carbonyl (C=O) groups excluding carboxylic acids is 1. The minimum absolute atomic E-state index is 0.0281. The van der Waals surface area contributed by atoms with E-state index in [9.17, 15) is 4.79 Å². The molecule has 0 aliphatic rings. The fraction of sp³-hybridized carbons (Fsp3) is 0.500. The van der Waals surface area contributed by atoms with E-state index in [4.69, 9.17) is 5.73 Å². The molecule has 1 aromatic rings. The molecule has 0 fully saturated rings. The van der Waals surface area contributed by atoms with Gasteiger partial charge in [0.2, 0.25) is 5.91 Å². The van der Waals surface area contributed by atoms with Crippen LogP contribution in [0.25, 0.3) is 0 Å². The van der Waals surface area contributed by atoms with Gasteiger partial charge in [-0.25, -0.2) is 0 Å². The lowest BCUT2D eigenvalue weighted by atomic mass is 10.1. The molecular weight excluding hydrogens is 196 g/mol. The molecule has 4 heteroatoms. The van der Waals surface area contributed by atoms with Gasteiger partial charge in [-0.2, -0.15) is 0 Å². The summed E-state index contributed by atoms with van der Waals surface area (Å²) in [5.41, 5.74) is 6.63. The molecule has 1 aromatic heterocycles. The highest BCUT2D eigenvalue weighted by atomic mass is 32.1. The maximum absolute atomic E-state index is 11.4. The summed E-state index contributed by atoms with van der Waals surface area (Å²) in [5.74, 6) is -0.0735. The second-order valence-electron chi connectivity index (χ2n) is 3.38. The number of thiophene rings is 1. The van der Waals surface area contributed by atoms with Gasteiger partial charge in [-0.15, -0.1) is 11.3 Å². The van der Waals surface area contributed by atoms with E-state index in [-0.39, 0.29) is 11.8 Å². The summed E-state index contributed by atoms with van der Waals surface area (Å²) >= 11 is 1.66. The molecule has 1 amide bonds. The van der Waals surface area contributed by atoms with Crippen LogP contribution in [-0.2, 0) is 11.3 Å². The standard InChI is InChI=1S/C10H16N2OS/c1-7-3-4-14-9(7)6-12-10(13)8(2)5-11/h3-4,8H,5-6,11H2,1-2H3,(H,12,13). The third-order valence-electron chi connectivity index (χ3n) is 2.19. The summed E-state index contributed by atoms with van der Waals surface area (Å²) in [6.45, 7) is 4.89. The van der Waals surface area contributed by atoms with E-state index in [1.54, 1.807) is 11.3 Å². The Balaban J connectivity index is 2.41. The van der Waals surface area contributed by atoms with E-state index in [0.29, 0.717) is 13.1 Å². The van der Waals surface area contributed by atoms with Gasteiger partial charge in [-0.1, -0.05) is 6.92 Å². The van der Waals surface area contributed by atoms with Crippen molar-refractivity contribution in [3.05, 3.63) is 21.9 Å². The molecule has 0 saturated heterocycles. The third kappa shape index (κ3) is 2.82. The molecule has 0 saturated carbocycles. The van der Waals surface area contributed by atoms with Crippen LogP contribution in [0.2, 0.25) is 0 Å². The van der Waals surface area contributed by atoms with E-state index in [1.807, 2.05) is 19.2 Å². The van der Waals surface area contributed by atoms with Gasteiger partial charge >= 0.3 is 0 Å². The van der Waals surface area contributed by atoms with E-state index in [0.717, 1.165) is 0 Å². The summed E-state index contributed by atoms with van der Waals surface area (Å²) < 4.78 is 0. The van der Waals surface area contributed by atoms with Crippen LogP contribution in [0.1, 0.15) is 17.4 Å². The number of amides is 1. The van der Waals surface area contributed by atoms with Crippen molar-refractivity contribution < 1.29 is 4.79 Å². The average Bonchev–Trinajstić information content (AvgIpc) is 2.59. The molecule has 1 rings (SSSR count). The van der Waals surface area contributed by atoms with E-state index in [2.05, 4.69) is 11.4 Å². The number of rotatable bonds is 4. The second kappa shape index (κ2) is 5.12. The molecule has 0 bridgehead atoms. The molecule has 0 spiro atoms.